The lowest BCUT2D eigenvalue weighted by molar-refractivity contribution is 0.0398. The van der Waals surface area contributed by atoms with Gasteiger partial charge in [0.05, 0.1) is 13.2 Å². The van der Waals surface area contributed by atoms with Crippen molar-refractivity contribution in [1.82, 2.24) is 14.9 Å². The van der Waals surface area contributed by atoms with Crippen LogP contribution in [0.5, 0.6) is 0 Å². The third-order valence-electron chi connectivity index (χ3n) is 3.81. The largest absolute Gasteiger partial charge is 0.379 e. The van der Waals surface area contributed by atoms with E-state index in [-0.39, 0.29) is 5.91 Å². The molecule has 2 aromatic rings. The number of morpholine rings is 1. The molecule has 0 bridgehead atoms. The molecule has 0 aliphatic carbocycles. The average Bonchev–Trinajstić information content (AvgIpc) is 2.65. The van der Waals surface area contributed by atoms with E-state index < -0.39 is 0 Å². The SMILES string of the molecule is O=C(Nc1ccc(Cl)cc1)c1ccnc(NCCN2CCOCC2)n1. The molecule has 3 rings (SSSR count). The van der Waals surface area contributed by atoms with Gasteiger partial charge in [-0.05, 0) is 30.3 Å². The number of rotatable bonds is 6. The van der Waals surface area contributed by atoms with Crippen LogP contribution in [0.25, 0.3) is 0 Å². The van der Waals surface area contributed by atoms with Gasteiger partial charge in [0.25, 0.3) is 5.91 Å². The molecule has 1 fully saturated rings. The monoisotopic (exact) mass is 361 g/mol. The standard InChI is InChI=1S/C17H20ClN5O2/c18-13-1-3-14(4-2-13)21-16(24)15-5-6-19-17(22-15)20-7-8-23-9-11-25-12-10-23/h1-6H,7-12H2,(H,21,24)(H,19,20,22). The second-order valence-corrected chi connectivity index (χ2v) is 6.04. The van der Waals surface area contributed by atoms with Crippen molar-refractivity contribution in [1.29, 1.82) is 0 Å². The number of carbonyl (C=O) groups is 1. The van der Waals surface area contributed by atoms with Gasteiger partial charge in [-0.25, -0.2) is 9.97 Å². The zero-order chi connectivity index (χ0) is 17.5. The lowest BCUT2D eigenvalue weighted by atomic mass is 10.3. The normalized spacial score (nSPS) is 14.9. The van der Waals surface area contributed by atoms with Crippen LogP contribution in [-0.4, -0.2) is 60.2 Å². The molecule has 1 aromatic heterocycles. The van der Waals surface area contributed by atoms with Crippen LogP contribution in [0.15, 0.2) is 36.5 Å². The van der Waals surface area contributed by atoms with E-state index in [1.165, 1.54) is 0 Å². The molecule has 0 spiro atoms. The highest BCUT2D eigenvalue weighted by Gasteiger charge is 2.11. The van der Waals surface area contributed by atoms with Crippen molar-refractivity contribution in [3.63, 3.8) is 0 Å². The number of hydrogen-bond donors (Lipinski definition) is 2. The highest BCUT2D eigenvalue weighted by molar-refractivity contribution is 6.30. The number of benzene rings is 1. The van der Waals surface area contributed by atoms with Gasteiger partial charge < -0.3 is 15.4 Å². The smallest absolute Gasteiger partial charge is 0.274 e. The second kappa shape index (κ2) is 8.75. The number of nitrogens with one attached hydrogen (secondary N) is 2. The van der Waals surface area contributed by atoms with Gasteiger partial charge in [0.1, 0.15) is 5.69 Å². The maximum Gasteiger partial charge on any atom is 0.274 e. The highest BCUT2D eigenvalue weighted by Crippen LogP contribution is 2.14. The Morgan fingerprint density at radius 3 is 2.72 bits per heavy atom. The number of hydrogen-bond acceptors (Lipinski definition) is 6. The van der Waals surface area contributed by atoms with Crippen LogP contribution in [0.3, 0.4) is 0 Å². The number of anilines is 2. The first kappa shape index (κ1) is 17.6. The summed E-state index contributed by atoms with van der Waals surface area (Å²) in [5.74, 6) is 0.151. The molecule has 0 unspecified atom stereocenters. The molecule has 0 atom stereocenters. The molecule has 8 heteroatoms. The summed E-state index contributed by atoms with van der Waals surface area (Å²) >= 11 is 5.84. The molecule has 1 amide bonds. The lowest BCUT2D eigenvalue weighted by Crippen LogP contribution is -2.39. The van der Waals surface area contributed by atoms with E-state index in [0.717, 1.165) is 32.8 Å². The quantitative estimate of drug-likeness (QED) is 0.820. The zero-order valence-electron chi connectivity index (χ0n) is 13.7. The first-order chi connectivity index (χ1) is 12.2. The van der Waals surface area contributed by atoms with Gasteiger partial charge in [-0.3, -0.25) is 9.69 Å². The summed E-state index contributed by atoms with van der Waals surface area (Å²) in [7, 11) is 0. The minimum Gasteiger partial charge on any atom is -0.379 e. The number of carbonyl (C=O) groups excluding carboxylic acids is 1. The Labute approximate surface area is 151 Å². The molecule has 132 valence electrons. The summed E-state index contributed by atoms with van der Waals surface area (Å²) in [6.07, 6.45) is 1.57. The first-order valence-electron chi connectivity index (χ1n) is 8.15. The first-order valence-corrected chi connectivity index (χ1v) is 8.52. The fourth-order valence-electron chi connectivity index (χ4n) is 2.45. The Morgan fingerprint density at radius 2 is 1.96 bits per heavy atom. The molecule has 1 aliphatic heterocycles. The molecule has 1 saturated heterocycles. The third-order valence-corrected chi connectivity index (χ3v) is 4.06. The van der Waals surface area contributed by atoms with Crippen LogP contribution in [0, 0.1) is 0 Å². The van der Waals surface area contributed by atoms with Crippen LogP contribution in [0.4, 0.5) is 11.6 Å². The molecule has 2 N–H and O–H groups in total. The Kier molecular flexibility index (Phi) is 6.16. The molecule has 0 saturated carbocycles. The van der Waals surface area contributed by atoms with E-state index >= 15 is 0 Å². The number of halogens is 1. The molecule has 0 radical (unpaired) electrons. The van der Waals surface area contributed by atoms with E-state index in [9.17, 15) is 4.79 Å². The predicted molar refractivity (Wildman–Crippen MR) is 97.2 cm³/mol. The molecule has 2 heterocycles. The molecular formula is C17H20ClN5O2. The van der Waals surface area contributed by atoms with Gasteiger partial charge in [-0.15, -0.1) is 0 Å². The van der Waals surface area contributed by atoms with Crippen LogP contribution in [-0.2, 0) is 4.74 Å². The number of aromatic nitrogens is 2. The summed E-state index contributed by atoms with van der Waals surface area (Å²) in [4.78, 5) is 23.0. The third kappa shape index (κ3) is 5.38. The van der Waals surface area contributed by atoms with E-state index in [4.69, 9.17) is 16.3 Å². The van der Waals surface area contributed by atoms with Gasteiger partial charge in [0, 0.05) is 43.1 Å². The topological polar surface area (TPSA) is 79.4 Å². The predicted octanol–water partition coefficient (Wildman–Crippen LogP) is 2.13. The van der Waals surface area contributed by atoms with Crippen molar-refractivity contribution in [2.45, 2.75) is 0 Å². The Morgan fingerprint density at radius 1 is 1.20 bits per heavy atom. The van der Waals surface area contributed by atoms with Gasteiger partial charge >= 0.3 is 0 Å². The maximum atomic E-state index is 12.3. The fraction of sp³-hybridized carbons (Fsp3) is 0.353. The summed E-state index contributed by atoms with van der Waals surface area (Å²) < 4.78 is 5.32. The van der Waals surface area contributed by atoms with E-state index in [0.29, 0.717) is 28.9 Å². The van der Waals surface area contributed by atoms with Gasteiger partial charge in [-0.2, -0.15) is 0 Å². The van der Waals surface area contributed by atoms with Crippen molar-refractivity contribution >= 4 is 29.1 Å². The number of amides is 1. The highest BCUT2D eigenvalue weighted by atomic mass is 35.5. The van der Waals surface area contributed by atoms with E-state index in [1.54, 1.807) is 36.5 Å². The fourth-order valence-corrected chi connectivity index (χ4v) is 2.58. The minimum atomic E-state index is -0.291. The molecule has 7 nitrogen and oxygen atoms in total. The summed E-state index contributed by atoms with van der Waals surface area (Å²) in [6.45, 7) is 5.02. The molecular weight excluding hydrogens is 342 g/mol. The summed E-state index contributed by atoms with van der Waals surface area (Å²) in [5, 5.41) is 6.56. The Bertz CT molecular complexity index is 704. The van der Waals surface area contributed by atoms with E-state index in [2.05, 4.69) is 25.5 Å². The van der Waals surface area contributed by atoms with Gasteiger partial charge in [0.2, 0.25) is 5.95 Å². The molecule has 1 aliphatic rings. The van der Waals surface area contributed by atoms with Gasteiger partial charge in [0.15, 0.2) is 0 Å². The Hall–Kier alpha value is -2.22. The number of nitrogens with zero attached hydrogens (tertiary/aromatic N) is 3. The van der Waals surface area contributed by atoms with E-state index in [1.807, 2.05) is 0 Å². The van der Waals surface area contributed by atoms with Crippen LogP contribution < -0.4 is 10.6 Å². The number of ether oxygens (including phenoxy) is 1. The van der Waals surface area contributed by atoms with Crippen LogP contribution >= 0.6 is 11.6 Å². The van der Waals surface area contributed by atoms with Crippen molar-refractivity contribution < 1.29 is 9.53 Å². The van der Waals surface area contributed by atoms with Crippen molar-refractivity contribution in [3.05, 3.63) is 47.2 Å². The van der Waals surface area contributed by atoms with Crippen molar-refractivity contribution in [2.24, 2.45) is 0 Å². The minimum absolute atomic E-state index is 0.291. The average molecular weight is 362 g/mol. The van der Waals surface area contributed by atoms with Crippen LogP contribution in [0.2, 0.25) is 5.02 Å². The van der Waals surface area contributed by atoms with Gasteiger partial charge in [-0.1, -0.05) is 11.6 Å². The van der Waals surface area contributed by atoms with Crippen molar-refractivity contribution in [2.75, 3.05) is 50.0 Å². The second-order valence-electron chi connectivity index (χ2n) is 5.61. The van der Waals surface area contributed by atoms with Crippen LogP contribution in [0.1, 0.15) is 10.5 Å². The maximum absolute atomic E-state index is 12.3. The lowest BCUT2D eigenvalue weighted by Gasteiger charge is -2.26. The molecule has 1 aromatic carbocycles. The summed E-state index contributed by atoms with van der Waals surface area (Å²) in [6, 6.07) is 8.50. The Balaban J connectivity index is 1.53. The van der Waals surface area contributed by atoms with Crippen molar-refractivity contribution in [3.8, 4) is 0 Å². The zero-order valence-corrected chi connectivity index (χ0v) is 14.5. The molecule has 25 heavy (non-hydrogen) atoms. The summed E-state index contributed by atoms with van der Waals surface area (Å²) in [5.41, 5.74) is 0.966.